The molecule has 1 aromatic carbocycles. The van der Waals surface area contributed by atoms with Gasteiger partial charge in [-0.2, -0.15) is 0 Å². The Bertz CT molecular complexity index is 504. The van der Waals surface area contributed by atoms with Crippen molar-refractivity contribution >= 4 is 5.91 Å². The lowest BCUT2D eigenvalue weighted by Crippen LogP contribution is -2.34. The number of likely N-dealkylation sites (N-methyl/N-ethyl adjacent to an activating group) is 1. The van der Waals surface area contributed by atoms with E-state index >= 15 is 0 Å². The lowest BCUT2D eigenvalue weighted by atomic mass is 9.86. The van der Waals surface area contributed by atoms with Crippen molar-refractivity contribution in [1.29, 1.82) is 0 Å². The van der Waals surface area contributed by atoms with Gasteiger partial charge >= 0.3 is 0 Å². The van der Waals surface area contributed by atoms with Gasteiger partial charge in [0.1, 0.15) is 5.75 Å². The van der Waals surface area contributed by atoms with Crippen LogP contribution >= 0.6 is 0 Å². The highest BCUT2D eigenvalue weighted by Crippen LogP contribution is 2.25. The molecule has 1 aliphatic carbocycles. The minimum atomic E-state index is -0.147. The maximum atomic E-state index is 11.4. The predicted octanol–water partition coefficient (Wildman–Crippen LogP) is 2.18. The number of hydrogen-bond donors (Lipinski definition) is 2. The molecule has 5 heteroatoms. The van der Waals surface area contributed by atoms with Gasteiger partial charge in [-0.25, -0.2) is 0 Å². The molecule has 0 heterocycles. The summed E-state index contributed by atoms with van der Waals surface area (Å²) in [6, 6.07) is 7.86. The first-order chi connectivity index (χ1) is 11.6. The van der Waals surface area contributed by atoms with Gasteiger partial charge in [-0.3, -0.25) is 4.79 Å². The molecule has 24 heavy (non-hydrogen) atoms. The fourth-order valence-electron chi connectivity index (χ4n) is 3.27. The molecule has 2 unspecified atom stereocenters. The van der Waals surface area contributed by atoms with Crippen molar-refractivity contribution in [3.63, 3.8) is 0 Å². The molecule has 1 amide bonds. The van der Waals surface area contributed by atoms with E-state index in [0.29, 0.717) is 18.2 Å². The van der Waals surface area contributed by atoms with Gasteiger partial charge in [-0.05, 0) is 50.4 Å². The van der Waals surface area contributed by atoms with Crippen LogP contribution in [0.2, 0.25) is 0 Å². The van der Waals surface area contributed by atoms with Gasteiger partial charge in [0.25, 0.3) is 5.91 Å². The van der Waals surface area contributed by atoms with Crippen molar-refractivity contribution in [3.8, 4) is 5.75 Å². The molecule has 1 fully saturated rings. The molecule has 5 nitrogen and oxygen atoms in total. The average molecular weight is 334 g/mol. The number of carbonyl (C=O) groups is 1. The molecule has 1 aromatic rings. The van der Waals surface area contributed by atoms with E-state index < -0.39 is 0 Å². The van der Waals surface area contributed by atoms with E-state index in [2.05, 4.69) is 17.3 Å². The zero-order valence-corrected chi connectivity index (χ0v) is 14.8. The maximum Gasteiger partial charge on any atom is 0.257 e. The van der Waals surface area contributed by atoms with Crippen LogP contribution in [-0.4, -0.2) is 48.8 Å². The molecular weight excluding hydrogens is 304 g/mol. The topological polar surface area (TPSA) is 61.8 Å². The van der Waals surface area contributed by atoms with Crippen LogP contribution in [0.5, 0.6) is 5.75 Å². The Hall–Kier alpha value is -1.59. The predicted molar refractivity (Wildman–Crippen MR) is 94.9 cm³/mol. The first kappa shape index (κ1) is 18.7. The second kappa shape index (κ2) is 9.64. The minimum Gasteiger partial charge on any atom is -0.484 e. The Morgan fingerprint density at radius 1 is 1.29 bits per heavy atom. The van der Waals surface area contributed by atoms with Gasteiger partial charge in [0.05, 0.1) is 6.10 Å². The Balaban J connectivity index is 1.77. The van der Waals surface area contributed by atoms with Gasteiger partial charge < -0.3 is 20.1 Å². The number of rotatable bonds is 8. The normalized spacial score (nSPS) is 20.8. The second-order valence-corrected chi connectivity index (χ2v) is 6.69. The fourth-order valence-corrected chi connectivity index (χ4v) is 3.27. The number of aliphatic hydroxyl groups is 1. The summed E-state index contributed by atoms with van der Waals surface area (Å²) in [4.78, 5) is 13.6. The van der Waals surface area contributed by atoms with E-state index in [9.17, 15) is 9.90 Å². The monoisotopic (exact) mass is 334 g/mol. The molecule has 0 aliphatic heterocycles. The summed E-state index contributed by atoms with van der Waals surface area (Å²) in [7, 11) is 2.10. The molecule has 0 radical (unpaired) electrons. The molecule has 134 valence electrons. The van der Waals surface area contributed by atoms with E-state index in [1.165, 1.54) is 12.0 Å². The van der Waals surface area contributed by atoms with Gasteiger partial charge in [0, 0.05) is 19.6 Å². The molecule has 2 atom stereocenters. The Morgan fingerprint density at radius 3 is 2.67 bits per heavy atom. The smallest absolute Gasteiger partial charge is 0.257 e. The summed E-state index contributed by atoms with van der Waals surface area (Å²) >= 11 is 0. The van der Waals surface area contributed by atoms with Gasteiger partial charge in [0.2, 0.25) is 0 Å². The van der Waals surface area contributed by atoms with Crippen LogP contribution in [0.25, 0.3) is 0 Å². The van der Waals surface area contributed by atoms with Crippen LogP contribution in [0.1, 0.15) is 38.2 Å². The van der Waals surface area contributed by atoms with Crippen LogP contribution in [0.4, 0.5) is 0 Å². The van der Waals surface area contributed by atoms with E-state index in [4.69, 9.17) is 4.74 Å². The molecule has 2 N–H and O–H groups in total. The zero-order chi connectivity index (χ0) is 17.4. The number of amides is 1. The first-order valence-electron chi connectivity index (χ1n) is 8.93. The summed E-state index contributed by atoms with van der Waals surface area (Å²) in [6.07, 6.45) is 4.30. The maximum absolute atomic E-state index is 11.4. The molecule has 0 spiro atoms. The number of carbonyl (C=O) groups excluding carboxylic acids is 1. The van der Waals surface area contributed by atoms with E-state index in [0.717, 1.165) is 32.4 Å². The summed E-state index contributed by atoms with van der Waals surface area (Å²) in [6.45, 7) is 4.32. The highest BCUT2D eigenvalue weighted by atomic mass is 16.5. The minimum absolute atomic E-state index is 0.0483. The molecule has 1 saturated carbocycles. The first-order valence-corrected chi connectivity index (χ1v) is 8.93. The van der Waals surface area contributed by atoms with Crippen molar-refractivity contribution in [2.24, 2.45) is 5.92 Å². The number of ether oxygens (including phenoxy) is 1. The van der Waals surface area contributed by atoms with E-state index in [-0.39, 0.29) is 18.6 Å². The van der Waals surface area contributed by atoms with Crippen molar-refractivity contribution < 1.29 is 14.6 Å². The highest BCUT2D eigenvalue weighted by molar-refractivity contribution is 5.77. The van der Waals surface area contributed by atoms with Crippen LogP contribution in [0.15, 0.2) is 24.3 Å². The summed E-state index contributed by atoms with van der Waals surface area (Å²) in [5.74, 6) is 0.992. The van der Waals surface area contributed by atoms with Crippen LogP contribution in [-0.2, 0) is 11.3 Å². The van der Waals surface area contributed by atoms with E-state index in [1.807, 2.05) is 31.2 Å². The summed E-state index contributed by atoms with van der Waals surface area (Å²) in [5.41, 5.74) is 1.20. The molecule has 2 rings (SSSR count). The SMILES string of the molecule is CCNC(=O)COc1ccc(CN(C)CC2CCCCC2O)cc1. The molecular formula is C19H30N2O3. The fraction of sp³-hybridized carbons (Fsp3) is 0.632. The third-order valence-corrected chi connectivity index (χ3v) is 4.53. The molecule has 0 bridgehead atoms. The number of hydrogen-bond acceptors (Lipinski definition) is 4. The number of aliphatic hydroxyl groups excluding tert-OH is 1. The third kappa shape index (κ3) is 6.13. The van der Waals surface area contributed by atoms with Gasteiger partial charge in [-0.15, -0.1) is 0 Å². The highest BCUT2D eigenvalue weighted by Gasteiger charge is 2.23. The van der Waals surface area contributed by atoms with Crippen molar-refractivity contribution in [3.05, 3.63) is 29.8 Å². The molecule has 0 aromatic heterocycles. The lowest BCUT2D eigenvalue weighted by Gasteiger charge is -2.31. The lowest BCUT2D eigenvalue weighted by molar-refractivity contribution is -0.122. The Labute approximate surface area is 145 Å². The van der Waals surface area contributed by atoms with Gasteiger partial charge in [-0.1, -0.05) is 25.0 Å². The van der Waals surface area contributed by atoms with Crippen molar-refractivity contribution in [2.75, 3.05) is 26.7 Å². The second-order valence-electron chi connectivity index (χ2n) is 6.69. The number of benzene rings is 1. The Morgan fingerprint density at radius 2 is 2.00 bits per heavy atom. The van der Waals surface area contributed by atoms with Crippen molar-refractivity contribution in [1.82, 2.24) is 10.2 Å². The zero-order valence-electron chi connectivity index (χ0n) is 14.8. The third-order valence-electron chi connectivity index (χ3n) is 4.53. The molecule has 0 saturated heterocycles. The number of nitrogens with zero attached hydrogens (tertiary/aromatic N) is 1. The largest absolute Gasteiger partial charge is 0.484 e. The molecule has 1 aliphatic rings. The van der Waals surface area contributed by atoms with Gasteiger partial charge in [0.15, 0.2) is 6.61 Å². The summed E-state index contributed by atoms with van der Waals surface area (Å²) < 4.78 is 5.46. The number of nitrogens with one attached hydrogen (secondary N) is 1. The average Bonchev–Trinajstić information content (AvgIpc) is 2.57. The van der Waals surface area contributed by atoms with Crippen LogP contribution < -0.4 is 10.1 Å². The van der Waals surface area contributed by atoms with Crippen LogP contribution in [0, 0.1) is 5.92 Å². The quantitative estimate of drug-likeness (QED) is 0.765. The van der Waals surface area contributed by atoms with Crippen molar-refractivity contribution in [2.45, 2.75) is 45.3 Å². The standard InChI is InChI=1S/C19H30N2O3/c1-3-20-19(23)14-24-17-10-8-15(9-11-17)12-21(2)13-16-6-4-5-7-18(16)22/h8-11,16,18,22H,3-7,12-14H2,1-2H3,(H,20,23). The van der Waals surface area contributed by atoms with E-state index in [1.54, 1.807) is 0 Å². The Kier molecular flexibility index (Phi) is 7.53. The van der Waals surface area contributed by atoms with Crippen LogP contribution in [0.3, 0.4) is 0 Å². The summed E-state index contributed by atoms with van der Waals surface area (Å²) in [5, 5.41) is 12.8.